The van der Waals surface area contributed by atoms with Crippen LogP contribution in [0.5, 0.6) is 0 Å². The summed E-state index contributed by atoms with van der Waals surface area (Å²) in [4.78, 5) is 27.9. The van der Waals surface area contributed by atoms with Crippen molar-refractivity contribution in [1.29, 1.82) is 0 Å². The van der Waals surface area contributed by atoms with Crippen LogP contribution < -0.4 is 5.73 Å². The van der Waals surface area contributed by atoms with Crippen LogP contribution in [-0.2, 0) is 14.3 Å². The van der Waals surface area contributed by atoms with Gasteiger partial charge in [0.2, 0.25) is 5.91 Å². The zero-order valence-electron chi connectivity index (χ0n) is 18.7. The lowest BCUT2D eigenvalue weighted by Gasteiger charge is -2.48. The van der Waals surface area contributed by atoms with Gasteiger partial charge in [-0.1, -0.05) is 83.8 Å². The lowest BCUT2D eigenvalue weighted by molar-refractivity contribution is -0.153. The highest BCUT2D eigenvalue weighted by Gasteiger charge is 2.52. The number of aryl methyl sites for hydroxylation is 1. The van der Waals surface area contributed by atoms with Crippen LogP contribution in [-0.4, -0.2) is 49.9 Å². The number of rotatable bonds is 7. The average Bonchev–Trinajstić information content (AvgIpc) is 3.30. The van der Waals surface area contributed by atoms with E-state index in [1.807, 2.05) is 67.6 Å². The van der Waals surface area contributed by atoms with Crippen LogP contribution in [0.2, 0.25) is 0 Å². The van der Waals surface area contributed by atoms with Gasteiger partial charge >= 0.3 is 5.97 Å². The number of benzene rings is 2. The van der Waals surface area contributed by atoms with E-state index >= 15 is 0 Å². The van der Waals surface area contributed by atoms with Gasteiger partial charge < -0.3 is 10.5 Å². The maximum Gasteiger partial charge on any atom is 0.356 e. The van der Waals surface area contributed by atoms with Crippen molar-refractivity contribution in [2.75, 3.05) is 11.5 Å². The number of thioether (sulfide) groups is 2. The molecule has 5 rings (SSSR count). The second-order valence-electron chi connectivity index (χ2n) is 7.87. The molecule has 2 N–H and O–H groups in total. The Morgan fingerprint density at radius 2 is 1.77 bits per heavy atom. The maximum atomic E-state index is 13.7. The summed E-state index contributed by atoms with van der Waals surface area (Å²) in [6, 6.07) is 18.6. The molecular formula is C24H23ClN4O3S3. The molecule has 35 heavy (non-hydrogen) atoms. The number of amides is 1. The SMILES string of the molecule is Cc1nnc(SCC2=C(C(=O)OC(c3ccccc3)c3ccccc3)N3C(=O)[C@@H](N)[C@H]3SC2)s1.Cl. The molecule has 2 aromatic carbocycles. The second-order valence-corrected chi connectivity index (χ2v) is 11.4. The number of hydrogen-bond donors (Lipinski definition) is 1. The molecule has 1 saturated heterocycles. The lowest BCUT2D eigenvalue weighted by atomic mass is 10.0. The van der Waals surface area contributed by atoms with Crippen molar-refractivity contribution >= 4 is 59.1 Å². The van der Waals surface area contributed by atoms with Crippen LogP contribution in [0.25, 0.3) is 0 Å². The number of β-lactam (4-membered cyclic amide) rings is 1. The fourth-order valence-electron chi connectivity index (χ4n) is 3.91. The van der Waals surface area contributed by atoms with Gasteiger partial charge in [-0.05, 0) is 23.6 Å². The minimum Gasteiger partial charge on any atom is -0.448 e. The first-order chi connectivity index (χ1) is 16.5. The van der Waals surface area contributed by atoms with Crippen molar-refractivity contribution in [3.63, 3.8) is 0 Å². The smallest absolute Gasteiger partial charge is 0.356 e. The number of carbonyl (C=O) groups excluding carboxylic acids is 2. The van der Waals surface area contributed by atoms with Crippen molar-refractivity contribution in [1.82, 2.24) is 15.1 Å². The number of halogens is 1. The summed E-state index contributed by atoms with van der Waals surface area (Å²) >= 11 is 4.58. The van der Waals surface area contributed by atoms with Gasteiger partial charge in [-0.2, -0.15) is 0 Å². The molecule has 3 aromatic rings. The molecule has 0 radical (unpaired) electrons. The number of ether oxygens (including phenoxy) is 1. The number of carbonyl (C=O) groups is 2. The number of nitrogens with two attached hydrogens (primary N) is 1. The first-order valence-corrected chi connectivity index (χ1v) is 13.5. The molecule has 7 nitrogen and oxygen atoms in total. The van der Waals surface area contributed by atoms with Crippen LogP contribution in [0, 0.1) is 6.92 Å². The molecule has 3 heterocycles. The van der Waals surface area contributed by atoms with Gasteiger partial charge in [-0.15, -0.1) is 34.4 Å². The van der Waals surface area contributed by atoms with Gasteiger partial charge in [0.15, 0.2) is 10.4 Å². The Hall–Kier alpha value is -2.37. The highest BCUT2D eigenvalue weighted by atomic mass is 35.5. The van der Waals surface area contributed by atoms with Crippen molar-refractivity contribution in [3.8, 4) is 0 Å². The summed E-state index contributed by atoms with van der Waals surface area (Å²) in [6.45, 7) is 1.90. The normalized spacial score (nSPS) is 19.2. The molecule has 1 aromatic heterocycles. The molecule has 11 heteroatoms. The van der Waals surface area contributed by atoms with E-state index in [4.69, 9.17) is 10.5 Å². The van der Waals surface area contributed by atoms with E-state index in [2.05, 4.69) is 10.2 Å². The highest BCUT2D eigenvalue weighted by molar-refractivity contribution is 8.01. The predicted octanol–water partition coefficient (Wildman–Crippen LogP) is 4.19. The van der Waals surface area contributed by atoms with Crippen molar-refractivity contribution in [2.24, 2.45) is 5.73 Å². The van der Waals surface area contributed by atoms with Crippen LogP contribution in [0.1, 0.15) is 22.2 Å². The topological polar surface area (TPSA) is 98.4 Å². The molecule has 0 bridgehead atoms. The Kier molecular flexibility index (Phi) is 8.18. The molecule has 1 amide bonds. The summed E-state index contributed by atoms with van der Waals surface area (Å²) < 4.78 is 6.93. The van der Waals surface area contributed by atoms with Gasteiger partial charge in [-0.25, -0.2) is 4.79 Å². The molecule has 0 unspecified atom stereocenters. The zero-order chi connectivity index (χ0) is 23.7. The summed E-state index contributed by atoms with van der Waals surface area (Å²) in [5, 5.41) is 8.84. The third kappa shape index (κ3) is 5.26. The molecule has 2 aliphatic rings. The Labute approximate surface area is 221 Å². The number of aromatic nitrogens is 2. The molecule has 1 fully saturated rings. The van der Waals surface area contributed by atoms with Gasteiger partial charge in [-0.3, -0.25) is 9.69 Å². The van der Waals surface area contributed by atoms with Gasteiger partial charge in [0.1, 0.15) is 22.1 Å². The van der Waals surface area contributed by atoms with Crippen LogP contribution >= 0.6 is 47.3 Å². The number of fused-ring (bicyclic) bond motifs is 1. The Balaban J connectivity index is 0.00000289. The minimum atomic E-state index is -0.605. The molecular weight excluding hydrogens is 524 g/mol. The van der Waals surface area contributed by atoms with Crippen molar-refractivity contribution in [2.45, 2.75) is 28.8 Å². The first-order valence-electron chi connectivity index (χ1n) is 10.7. The molecule has 0 saturated carbocycles. The van der Waals surface area contributed by atoms with Crippen LogP contribution in [0.15, 0.2) is 76.3 Å². The third-order valence-corrected chi connectivity index (χ3v) is 9.01. The molecule has 0 spiro atoms. The second kappa shape index (κ2) is 11.1. The van der Waals surface area contributed by atoms with Gasteiger partial charge in [0.05, 0.1) is 0 Å². The van der Waals surface area contributed by atoms with E-state index in [0.717, 1.165) is 26.0 Å². The third-order valence-electron chi connectivity index (χ3n) is 5.59. The van der Waals surface area contributed by atoms with E-state index in [9.17, 15) is 9.59 Å². The Morgan fingerprint density at radius 1 is 1.14 bits per heavy atom. The predicted molar refractivity (Wildman–Crippen MR) is 142 cm³/mol. The lowest BCUT2D eigenvalue weighted by Crippen LogP contribution is -2.68. The van der Waals surface area contributed by atoms with Crippen molar-refractivity contribution in [3.05, 3.63) is 88.1 Å². The monoisotopic (exact) mass is 546 g/mol. The van der Waals surface area contributed by atoms with E-state index in [1.165, 1.54) is 28.0 Å². The minimum absolute atomic E-state index is 0. The van der Waals surface area contributed by atoms with Gasteiger partial charge in [0.25, 0.3) is 0 Å². The quantitative estimate of drug-likeness (QED) is 0.267. The van der Waals surface area contributed by atoms with E-state index in [0.29, 0.717) is 17.2 Å². The fourth-order valence-corrected chi connectivity index (χ4v) is 7.16. The molecule has 2 atom stereocenters. The Bertz CT molecular complexity index is 1200. The van der Waals surface area contributed by atoms with Gasteiger partial charge in [0, 0.05) is 11.5 Å². The molecule has 182 valence electrons. The zero-order valence-corrected chi connectivity index (χ0v) is 22.0. The highest BCUT2D eigenvalue weighted by Crippen LogP contribution is 2.42. The summed E-state index contributed by atoms with van der Waals surface area (Å²) in [5.74, 6) is 0.333. The van der Waals surface area contributed by atoms with Crippen molar-refractivity contribution < 1.29 is 14.3 Å². The van der Waals surface area contributed by atoms with E-state index in [-0.39, 0.29) is 23.7 Å². The van der Waals surface area contributed by atoms with E-state index in [1.54, 1.807) is 11.8 Å². The number of nitrogens with zero attached hydrogens (tertiary/aromatic N) is 3. The maximum absolute atomic E-state index is 13.7. The summed E-state index contributed by atoms with van der Waals surface area (Å²) in [6.07, 6.45) is -0.597. The standard InChI is InChI=1S/C24H22N4O3S3.ClH/c1-14-26-27-24(34-14)33-13-17-12-32-22-18(25)21(29)28(22)19(17)23(30)31-20(15-8-4-2-5-9-15)16-10-6-3-7-11-16;/h2-11,18,20,22H,12-13,25H2,1H3;1H/t18-,22-;/m1./s1. The number of esters is 1. The Morgan fingerprint density at radius 3 is 2.34 bits per heavy atom. The molecule has 0 aliphatic carbocycles. The first kappa shape index (κ1) is 25.7. The molecule has 2 aliphatic heterocycles. The van der Waals surface area contributed by atoms with Crippen LogP contribution in [0.4, 0.5) is 0 Å². The summed E-state index contributed by atoms with van der Waals surface area (Å²) in [5.41, 5.74) is 8.89. The fraction of sp³-hybridized carbons (Fsp3) is 0.250. The summed E-state index contributed by atoms with van der Waals surface area (Å²) in [7, 11) is 0. The largest absolute Gasteiger partial charge is 0.448 e. The average molecular weight is 547 g/mol. The van der Waals surface area contributed by atoms with Crippen LogP contribution in [0.3, 0.4) is 0 Å². The number of hydrogen-bond acceptors (Lipinski definition) is 9. The van der Waals surface area contributed by atoms with E-state index < -0.39 is 18.1 Å².